The summed E-state index contributed by atoms with van der Waals surface area (Å²) in [5.41, 5.74) is 5.03. The van der Waals surface area contributed by atoms with Crippen LogP contribution in [0.2, 0.25) is 0 Å². The van der Waals surface area contributed by atoms with Gasteiger partial charge in [-0.3, -0.25) is 0 Å². The van der Waals surface area contributed by atoms with E-state index in [0.717, 1.165) is 48.3 Å². The smallest absolute Gasteiger partial charge is 0.126 e. The lowest BCUT2D eigenvalue weighted by atomic mass is 9.85. The van der Waals surface area contributed by atoms with Crippen LogP contribution >= 0.6 is 63.7 Å². The van der Waals surface area contributed by atoms with Crippen molar-refractivity contribution in [3.05, 3.63) is 43.0 Å². The van der Waals surface area contributed by atoms with Crippen molar-refractivity contribution in [2.24, 2.45) is 5.92 Å². The quantitative estimate of drug-likeness (QED) is 0.359. The maximum Gasteiger partial charge on any atom is 0.126 e. The Labute approximate surface area is 199 Å². The molecule has 0 radical (unpaired) electrons. The molecule has 2 N–H and O–H groups in total. The third kappa shape index (κ3) is 4.57. The second kappa shape index (κ2) is 9.96. The molecule has 0 spiro atoms. The number of hydrogen-bond donors (Lipinski definition) is 2. The first-order valence-electron chi connectivity index (χ1n) is 8.86. The highest BCUT2D eigenvalue weighted by molar-refractivity contribution is 9.25. The molecular weight excluding hydrogens is 624 g/mol. The third-order valence-corrected chi connectivity index (χ3v) is 8.95. The van der Waals surface area contributed by atoms with Gasteiger partial charge in [0.05, 0.1) is 13.2 Å². The van der Waals surface area contributed by atoms with Gasteiger partial charge in [-0.15, -0.1) is 0 Å². The molecule has 4 nitrogen and oxygen atoms in total. The fraction of sp³-hybridized carbons (Fsp3) is 0.500. The lowest BCUT2D eigenvalue weighted by molar-refractivity contribution is 0.125. The van der Waals surface area contributed by atoms with E-state index in [9.17, 15) is 0 Å². The first kappa shape index (κ1) is 24.4. The first-order chi connectivity index (χ1) is 13.1. The standard InChI is InChI=1S/C20H24Br4O4/c1-10-9-14(16(21)11(2)18(10)27-7-5-25)15-17(22)12(3)19(28-8-6-26)13(4)20(15,23)24/h9,13,25-26H,5-8H2,1-4H3. The van der Waals surface area contributed by atoms with Gasteiger partial charge in [-0.2, -0.15) is 0 Å². The zero-order valence-electron chi connectivity index (χ0n) is 16.2. The van der Waals surface area contributed by atoms with E-state index in [2.05, 4.69) is 76.7 Å². The Kier molecular flexibility index (Phi) is 8.69. The van der Waals surface area contributed by atoms with Crippen LogP contribution in [0.15, 0.2) is 26.4 Å². The van der Waals surface area contributed by atoms with E-state index in [1.54, 1.807) is 0 Å². The average Bonchev–Trinajstić information content (AvgIpc) is 2.64. The summed E-state index contributed by atoms with van der Waals surface area (Å²) in [6.45, 7) is 8.52. The van der Waals surface area contributed by atoms with Crippen LogP contribution in [0, 0.1) is 19.8 Å². The van der Waals surface area contributed by atoms with Crippen LogP contribution in [0.3, 0.4) is 0 Å². The van der Waals surface area contributed by atoms with Crippen LogP contribution in [0.25, 0.3) is 5.57 Å². The van der Waals surface area contributed by atoms with Gasteiger partial charge < -0.3 is 19.7 Å². The molecule has 0 heterocycles. The van der Waals surface area contributed by atoms with E-state index in [4.69, 9.17) is 19.7 Å². The molecule has 1 aliphatic rings. The van der Waals surface area contributed by atoms with Crippen molar-refractivity contribution >= 4 is 69.3 Å². The second-order valence-electron chi connectivity index (χ2n) is 6.68. The Morgan fingerprint density at radius 1 is 1.04 bits per heavy atom. The van der Waals surface area contributed by atoms with E-state index < -0.39 is 3.23 Å². The molecule has 0 saturated carbocycles. The van der Waals surface area contributed by atoms with Crippen molar-refractivity contribution in [3.63, 3.8) is 0 Å². The average molecular weight is 648 g/mol. The molecule has 0 fully saturated rings. The SMILES string of the molecule is CC1=C(OCCO)C(C)C(Br)(Br)C(c2cc(C)c(OCCO)c(C)c2Br)=C1Br. The van der Waals surface area contributed by atoms with Gasteiger partial charge in [-0.1, -0.05) is 54.7 Å². The van der Waals surface area contributed by atoms with Crippen LogP contribution in [0.1, 0.15) is 30.5 Å². The molecule has 0 aliphatic heterocycles. The number of ether oxygens (including phenoxy) is 2. The van der Waals surface area contributed by atoms with E-state index in [0.29, 0.717) is 0 Å². The van der Waals surface area contributed by atoms with Crippen LogP contribution in [-0.2, 0) is 4.74 Å². The van der Waals surface area contributed by atoms with Gasteiger partial charge >= 0.3 is 0 Å². The second-order valence-corrected chi connectivity index (χ2v) is 11.8. The predicted molar refractivity (Wildman–Crippen MR) is 128 cm³/mol. The third-order valence-electron chi connectivity index (χ3n) is 4.77. The molecule has 0 aromatic heterocycles. The number of hydrogen-bond acceptors (Lipinski definition) is 4. The van der Waals surface area contributed by atoms with E-state index in [1.807, 2.05) is 20.8 Å². The van der Waals surface area contributed by atoms with Crippen molar-refractivity contribution in [1.82, 2.24) is 0 Å². The molecular formula is C20H24Br4O4. The van der Waals surface area contributed by atoms with Crippen molar-refractivity contribution < 1.29 is 19.7 Å². The van der Waals surface area contributed by atoms with E-state index in [1.165, 1.54) is 0 Å². The molecule has 1 atom stereocenters. The number of aliphatic hydroxyl groups is 2. The number of aryl methyl sites for hydroxylation is 1. The number of benzene rings is 1. The fourth-order valence-electron chi connectivity index (χ4n) is 3.33. The summed E-state index contributed by atoms with van der Waals surface area (Å²) in [5, 5.41) is 18.2. The first-order valence-corrected chi connectivity index (χ1v) is 12.0. The number of allylic oxidation sites excluding steroid dienone is 4. The highest BCUT2D eigenvalue weighted by Gasteiger charge is 2.45. The Bertz CT molecular complexity index is 815. The zero-order chi connectivity index (χ0) is 21.2. The Morgan fingerprint density at radius 3 is 2.18 bits per heavy atom. The van der Waals surface area contributed by atoms with Crippen LogP contribution in [0.4, 0.5) is 0 Å². The molecule has 1 aliphatic carbocycles. The zero-order valence-corrected chi connectivity index (χ0v) is 22.5. The molecule has 28 heavy (non-hydrogen) atoms. The minimum absolute atomic E-state index is 0.0202. The minimum Gasteiger partial charge on any atom is -0.495 e. The summed E-state index contributed by atoms with van der Waals surface area (Å²) in [4.78, 5) is 0. The summed E-state index contributed by atoms with van der Waals surface area (Å²) >= 11 is 15.3. The molecule has 1 unspecified atom stereocenters. The largest absolute Gasteiger partial charge is 0.495 e. The number of halogens is 4. The maximum atomic E-state index is 9.15. The molecule has 1 aromatic carbocycles. The van der Waals surface area contributed by atoms with Gasteiger partial charge in [0.1, 0.15) is 28.0 Å². The highest BCUT2D eigenvalue weighted by atomic mass is 79.9. The molecule has 0 saturated heterocycles. The van der Waals surface area contributed by atoms with Crippen molar-refractivity contribution in [2.75, 3.05) is 26.4 Å². The predicted octanol–water partition coefficient (Wildman–Crippen LogP) is 5.96. The van der Waals surface area contributed by atoms with Gasteiger partial charge in [0.25, 0.3) is 0 Å². The topological polar surface area (TPSA) is 58.9 Å². The number of rotatable bonds is 7. The Morgan fingerprint density at radius 2 is 1.61 bits per heavy atom. The lowest BCUT2D eigenvalue weighted by Gasteiger charge is -2.38. The Hall–Kier alpha value is 0.140. The molecule has 0 bridgehead atoms. The van der Waals surface area contributed by atoms with Crippen LogP contribution in [-0.4, -0.2) is 39.9 Å². The normalized spacial score (nSPS) is 19.3. The molecule has 1 aromatic rings. The molecule has 156 valence electrons. The number of aliphatic hydroxyl groups excluding tert-OH is 2. The van der Waals surface area contributed by atoms with Crippen molar-refractivity contribution in [1.29, 1.82) is 0 Å². The van der Waals surface area contributed by atoms with Gasteiger partial charge in [0.15, 0.2) is 0 Å². The van der Waals surface area contributed by atoms with Gasteiger partial charge in [-0.05, 0) is 53.9 Å². The maximum absolute atomic E-state index is 9.15. The fourth-order valence-corrected chi connectivity index (χ4v) is 6.32. The van der Waals surface area contributed by atoms with Gasteiger partial charge in [-0.25, -0.2) is 0 Å². The minimum atomic E-state index is -0.571. The van der Waals surface area contributed by atoms with Crippen molar-refractivity contribution in [3.8, 4) is 5.75 Å². The monoisotopic (exact) mass is 644 g/mol. The molecule has 0 amide bonds. The lowest BCUT2D eigenvalue weighted by Crippen LogP contribution is -2.32. The number of alkyl halides is 2. The highest BCUT2D eigenvalue weighted by Crippen LogP contribution is 2.57. The molecule has 2 rings (SSSR count). The van der Waals surface area contributed by atoms with Crippen LogP contribution < -0.4 is 4.74 Å². The van der Waals surface area contributed by atoms with Crippen LogP contribution in [0.5, 0.6) is 5.75 Å². The van der Waals surface area contributed by atoms with Gasteiger partial charge in [0, 0.05) is 31.6 Å². The summed E-state index contributed by atoms with van der Waals surface area (Å²) in [7, 11) is 0. The van der Waals surface area contributed by atoms with Crippen molar-refractivity contribution in [2.45, 2.75) is 30.9 Å². The molecule has 8 heteroatoms. The van der Waals surface area contributed by atoms with E-state index in [-0.39, 0.29) is 32.3 Å². The summed E-state index contributed by atoms with van der Waals surface area (Å²) in [6.07, 6.45) is 0. The van der Waals surface area contributed by atoms with E-state index >= 15 is 0 Å². The van der Waals surface area contributed by atoms with Gasteiger partial charge in [0.2, 0.25) is 0 Å². The Balaban J connectivity index is 2.68. The summed E-state index contributed by atoms with van der Waals surface area (Å²) < 4.78 is 12.9. The summed E-state index contributed by atoms with van der Waals surface area (Å²) in [5.74, 6) is 1.58. The summed E-state index contributed by atoms with van der Waals surface area (Å²) in [6, 6.07) is 2.08.